The van der Waals surface area contributed by atoms with Crippen molar-refractivity contribution in [3.8, 4) is 0 Å². The molecular weight excluding hydrogens is 264 g/mol. The van der Waals surface area contributed by atoms with Crippen LogP contribution in [0.1, 0.15) is 30.2 Å². The molecule has 108 valence electrons. The fourth-order valence-corrected chi connectivity index (χ4v) is 2.43. The quantitative estimate of drug-likeness (QED) is 0.802. The van der Waals surface area contributed by atoms with Gasteiger partial charge < -0.3 is 9.88 Å². The normalized spacial score (nSPS) is 11.2. The first-order valence-electron chi connectivity index (χ1n) is 6.95. The number of fused-ring (bicyclic) bond motifs is 1. The molecule has 0 aliphatic carbocycles. The Morgan fingerprint density at radius 3 is 2.76 bits per heavy atom. The van der Waals surface area contributed by atoms with E-state index in [2.05, 4.69) is 41.1 Å². The van der Waals surface area contributed by atoms with Gasteiger partial charge in [0.2, 0.25) is 0 Å². The molecule has 21 heavy (non-hydrogen) atoms. The molecule has 0 bridgehead atoms. The summed E-state index contributed by atoms with van der Waals surface area (Å²) < 4.78 is 3.82. The number of benzene rings is 1. The Kier molecular flexibility index (Phi) is 3.25. The van der Waals surface area contributed by atoms with Gasteiger partial charge >= 0.3 is 0 Å². The average Bonchev–Trinajstić information content (AvgIpc) is 3.04. The topological polar surface area (TPSA) is 51.9 Å². The summed E-state index contributed by atoms with van der Waals surface area (Å²) >= 11 is 0. The highest BCUT2D eigenvalue weighted by atomic mass is 16.1. The first kappa shape index (κ1) is 13.4. The second kappa shape index (κ2) is 5.09. The Labute approximate surface area is 123 Å². The van der Waals surface area contributed by atoms with Crippen LogP contribution in [0.5, 0.6) is 0 Å². The van der Waals surface area contributed by atoms with Crippen molar-refractivity contribution in [2.45, 2.75) is 19.9 Å². The fourth-order valence-electron chi connectivity index (χ4n) is 2.43. The number of aryl methyl sites for hydroxylation is 1. The van der Waals surface area contributed by atoms with E-state index in [0.717, 1.165) is 10.9 Å². The molecule has 0 aliphatic heterocycles. The predicted octanol–water partition coefficient (Wildman–Crippen LogP) is 3.21. The van der Waals surface area contributed by atoms with Crippen molar-refractivity contribution in [3.05, 3.63) is 48.4 Å². The van der Waals surface area contributed by atoms with Crippen molar-refractivity contribution in [1.82, 2.24) is 14.3 Å². The lowest BCUT2D eigenvalue weighted by Gasteiger charge is -2.10. The van der Waals surface area contributed by atoms with Gasteiger partial charge in [0.25, 0.3) is 5.91 Å². The number of amides is 1. The molecule has 3 rings (SSSR count). The summed E-state index contributed by atoms with van der Waals surface area (Å²) in [5, 5.41) is 8.03. The first-order valence-corrected chi connectivity index (χ1v) is 6.95. The molecule has 5 heteroatoms. The Morgan fingerprint density at radius 2 is 2.10 bits per heavy atom. The molecule has 0 fully saturated rings. The summed E-state index contributed by atoms with van der Waals surface area (Å²) in [5.74, 6) is -0.124. The van der Waals surface area contributed by atoms with Crippen LogP contribution in [-0.4, -0.2) is 20.3 Å². The maximum atomic E-state index is 12.3. The van der Waals surface area contributed by atoms with Crippen LogP contribution in [0.2, 0.25) is 0 Å². The molecule has 5 nitrogen and oxygen atoms in total. The van der Waals surface area contributed by atoms with Gasteiger partial charge in [-0.3, -0.25) is 9.48 Å². The second-order valence-electron chi connectivity index (χ2n) is 5.45. The van der Waals surface area contributed by atoms with Crippen molar-refractivity contribution in [2.75, 3.05) is 5.32 Å². The lowest BCUT2D eigenvalue weighted by atomic mass is 10.1. The van der Waals surface area contributed by atoms with E-state index in [1.807, 2.05) is 25.2 Å². The van der Waals surface area contributed by atoms with Gasteiger partial charge in [0.1, 0.15) is 0 Å². The number of nitrogens with zero attached hydrogens (tertiary/aromatic N) is 3. The van der Waals surface area contributed by atoms with Crippen LogP contribution in [0.3, 0.4) is 0 Å². The maximum Gasteiger partial charge on any atom is 0.255 e. The minimum atomic E-state index is -0.124. The number of anilines is 1. The molecule has 1 aromatic carbocycles. The van der Waals surface area contributed by atoms with E-state index in [1.165, 1.54) is 0 Å². The minimum Gasteiger partial charge on any atom is -0.345 e. The molecule has 3 aromatic rings. The van der Waals surface area contributed by atoms with E-state index >= 15 is 0 Å². The molecular formula is C16H18N4O. The van der Waals surface area contributed by atoms with Crippen molar-refractivity contribution in [2.24, 2.45) is 7.05 Å². The molecule has 0 saturated heterocycles. The monoisotopic (exact) mass is 282 g/mol. The minimum absolute atomic E-state index is 0.124. The summed E-state index contributed by atoms with van der Waals surface area (Å²) in [7, 11) is 1.82. The highest BCUT2D eigenvalue weighted by Gasteiger charge is 2.10. The van der Waals surface area contributed by atoms with Gasteiger partial charge in [-0.05, 0) is 37.4 Å². The third-order valence-electron chi connectivity index (χ3n) is 3.50. The van der Waals surface area contributed by atoms with Crippen molar-refractivity contribution < 1.29 is 4.79 Å². The molecule has 0 aliphatic rings. The highest BCUT2D eigenvalue weighted by molar-refractivity contribution is 6.06. The second-order valence-corrected chi connectivity index (χ2v) is 5.45. The smallest absolute Gasteiger partial charge is 0.255 e. The van der Waals surface area contributed by atoms with Crippen LogP contribution in [0.15, 0.2) is 42.9 Å². The van der Waals surface area contributed by atoms with Crippen LogP contribution in [0.4, 0.5) is 5.69 Å². The van der Waals surface area contributed by atoms with Gasteiger partial charge in [-0.2, -0.15) is 5.10 Å². The largest absolute Gasteiger partial charge is 0.345 e. The molecule has 1 N–H and O–H groups in total. The molecule has 0 unspecified atom stereocenters. The molecule has 0 spiro atoms. The van der Waals surface area contributed by atoms with Crippen molar-refractivity contribution >= 4 is 22.5 Å². The summed E-state index contributed by atoms with van der Waals surface area (Å²) in [6, 6.07) is 8.18. The Balaban J connectivity index is 1.92. The number of aromatic nitrogens is 3. The van der Waals surface area contributed by atoms with Crippen LogP contribution in [-0.2, 0) is 7.05 Å². The Hall–Kier alpha value is -2.56. The SMILES string of the molecule is CC(C)n1ccc2ccc(C(=O)Nc3cnn(C)c3)cc21. The number of carbonyl (C=O) groups is 1. The van der Waals surface area contributed by atoms with E-state index in [1.54, 1.807) is 17.1 Å². The first-order chi connectivity index (χ1) is 10.0. The summed E-state index contributed by atoms with van der Waals surface area (Å²) in [5.41, 5.74) is 2.41. The molecule has 2 heterocycles. The maximum absolute atomic E-state index is 12.3. The zero-order valence-electron chi connectivity index (χ0n) is 12.4. The lowest BCUT2D eigenvalue weighted by molar-refractivity contribution is 0.102. The summed E-state index contributed by atoms with van der Waals surface area (Å²) in [6.07, 6.45) is 5.46. The highest BCUT2D eigenvalue weighted by Crippen LogP contribution is 2.21. The van der Waals surface area contributed by atoms with Crippen LogP contribution in [0.25, 0.3) is 10.9 Å². The molecule has 0 radical (unpaired) electrons. The summed E-state index contributed by atoms with van der Waals surface area (Å²) in [4.78, 5) is 12.3. The Bertz CT molecular complexity index is 798. The van der Waals surface area contributed by atoms with Crippen LogP contribution >= 0.6 is 0 Å². The van der Waals surface area contributed by atoms with Gasteiger partial charge in [0, 0.05) is 36.6 Å². The molecule has 0 atom stereocenters. The van der Waals surface area contributed by atoms with Gasteiger partial charge in [-0.15, -0.1) is 0 Å². The number of hydrogen-bond donors (Lipinski definition) is 1. The van der Waals surface area contributed by atoms with Crippen LogP contribution < -0.4 is 5.32 Å². The third-order valence-corrected chi connectivity index (χ3v) is 3.50. The molecule has 2 aromatic heterocycles. The van der Waals surface area contributed by atoms with E-state index in [0.29, 0.717) is 17.3 Å². The van der Waals surface area contributed by atoms with Crippen molar-refractivity contribution in [1.29, 1.82) is 0 Å². The van der Waals surface area contributed by atoms with E-state index in [-0.39, 0.29) is 5.91 Å². The zero-order chi connectivity index (χ0) is 15.0. The lowest BCUT2D eigenvalue weighted by Crippen LogP contribution is -2.11. The number of hydrogen-bond acceptors (Lipinski definition) is 2. The average molecular weight is 282 g/mol. The van der Waals surface area contributed by atoms with Gasteiger partial charge in [0.15, 0.2) is 0 Å². The van der Waals surface area contributed by atoms with E-state index < -0.39 is 0 Å². The van der Waals surface area contributed by atoms with E-state index in [4.69, 9.17) is 0 Å². The Morgan fingerprint density at radius 1 is 1.29 bits per heavy atom. The van der Waals surface area contributed by atoms with Crippen LogP contribution in [0, 0.1) is 0 Å². The predicted molar refractivity (Wildman–Crippen MR) is 83.5 cm³/mol. The van der Waals surface area contributed by atoms with Gasteiger partial charge in [-0.25, -0.2) is 0 Å². The number of carbonyl (C=O) groups excluding carboxylic acids is 1. The molecule has 0 saturated carbocycles. The molecule has 1 amide bonds. The summed E-state index contributed by atoms with van der Waals surface area (Å²) in [6.45, 7) is 4.25. The third kappa shape index (κ3) is 2.54. The van der Waals surface area contributed by atoms with Crippen molar-refractivity contribution in [3.63, 3.8) is 0 Å². The fraction of sp³-hybridized carbons (Fsp3) is 0.250. The van der Waals surface area contributed by atoms with Gasteiger partial charge in [0.05, 0.1) is 11.9 Å². The number of nitrogens with one attached hydrogen (secondary N) is 1. The van der Waals surface area contributed by atoms with Gasteiger partial charge in [-0.1, -0.05) is 6.07 Å². The van der Waals surface area contributed by atoms with E-state index in [9.17, 15) is 4.79 Å². The number of rotatable bonds is 3. The standard InChI is InChI=1S/C16H18N4O/c1-11(2)20-7-6-12-4-5-13(8-15(12)20)16(21)18-14-9-17-19(3)10-14/h4-11H,1-3H3,(H,18,21). The zero-order valence-corrected chi connectivity index (χ0v) is 12.4.